The molecule has 0 saturated carbocycles. The molecule has 0 atom stereocenters. The molecule has 0 aliphatic heterocycles. The number of rotatable bonds is 5. The number of aromatic nitrogens is 3. The summed E-state index contributed by atoms with van der Waals surface area (Å²) in [5.41, 5.74) is 3.21. The summed E-state index contributed by atoms with van der Waals surface area (Å²) in [6.45, 7) is 1.95. The number of aryl methyl sites for hydroxylation is 1. The van der Waals surface area contributed by atoms with Crippen molar-refractivity contribution in [3.05, 3.63) is 36.2 Å². The average molecular weight is 344 g/mol. The lowest BCUT2D eigenvalue weighted by Crippen LogP contribution is -2.14. The van der Waals surface area contributed by atoms with Crippen LogP contribution >= 0.6 is 11.8 Å². The molecule has 0 fully saturated rings. The van der Waals surface area contributed by atoms with Gasteiger partial charge in [-0.15, -0.1) is 0 Å². The van der Waals surface area contributed by atoms with Crippen molar-refractivity contribution in [2.45, 2.75) is 12.1 Å². The van der Waals surface area contributed by atoms with E-state index < -0.39 is 0 Å². The van der Waals surface area contributed by atoms with E-state index in [0.717, 1.165) is 16.6 Å². The SMILES string of the molecule is COc1ccc(NC(=O)CSc2nc3cncc(C)c3[nH]2)cc1O. The average Bonchev–Trinajstić information content (AvgIpc) is 2.98. The Balaban J connectivity index is 1.62. The first kappa shape index (κ1) is 16.1. The molecule has 3 aromatic rings. The molecular formula is C16H16N4O3S. The van der Waals surface area contributed by atoms with Crippen molar-refractivity contribution in [2.24, 2.45) is 0 Å². The van der Waals surface area contributed by atoms with Crippen molar-refractivity contribution in [3.63, 3.8) is 0 Å². The van der Waals surface area contributed by atoms with Crippen molar-refractivity contribution in [1.82, 2.24) is 15.0 Å². The maximum absolute atomic E-state index is 12.0. The van der Waals surface area contributed by atoms with Crippen molar-refractivity contribution >= 4 is 34.4 Å². The maximum Gasteiger partial charge on any atom is 0.234 e. The normalized spacial score (nSPS) is 10.8. The quantitative estimate of drug-likeness (QED) is 0.615. The lowest BCUT2D eigenvalue weighted by Gasteiger charge is -2.07. The molecule has 124 valence electrons. The number of phenols is 1. The summed E-state index contributed by atoms with van der Waals surface area (Å²) in [6.07, 6.45) is 3.45. The van der Waals surface area contributed by atoms with Gasteiger partial charge in [-0.1, -0.05) is 11.8 Å². The second-order valence-electron chi connectivity index (χ2n) is 5.12. The molecule has 3 rings (SSSR count). The van der Waals surface area contributed by atoms with Gasteiger partial charge in [0.2, 0.25) is 5.91 Å². The number of nitrogens with one attached hydrogen (secondary N) is 2. The zero-order chi connectivity index (χ0) is 17.1. The second-order valence-corrected chi connectivity index (χ2v) is 6.08. The molecule has 2 heterocycles. The van der Waals surface area contributed by atoms with Crippen molar-refractivity contribution in [3.8, 4) is 11.5 Å². The Hall–Kier alpha value is -2.74. The van der Waals surface area contributed by atoms with Crippen LogP contribution in [-0.4, -0.2) is 38.8 Å². The summed E-state index contributed by atoms with van der Waals surface area (Å²) in [5, 5.41) is 13.1. The van der Waals surface area contributed by atoms with E-state index in [4.69, 9.17) is 4.74 Å². The molecule has 0 unspecified atom stereocenters. The Labute approximate surface area is 142 Å². The first-order chi connectivity index (χ1) is 11.6. The predicted molar refractivity (Wildman–Crippen MR) is 92.6 cm³/mol. The topological polar surface area (TPSA) is 100 Å². The van der Waals surface area contributed by atoms with E-state index >= 15 is 0 Å². The molecule has 2 aromatic heterocycles. The fourth-order valence-corrected chi connectivity index (χ4v) is 2.89. The fraction of sp³-hybridized carbons (Fsp3) is 0.188. The second kappa shape index (κ2) is 6.79. The molecule has 0 aliphatic carbocycles. The summed E-state index contributed by atoms with van der Waals surface area (Å²) in [4.78, 5) is 23.7. The van der Waals surface area contributed by atoms with E-state index in [1.54, 1.807) is 24.5 Å². The van der Waals surface area contributed by atoms with Crippen LogP contribution in [0.15, 0.2) is 35.7 Å². The Morgan fingerprint density at radius 1 is 1.42 bits per heavy atom. The number of aromatic hydroxyl groups is 1. The number of amides is 1. The predicted octanol–water partition coefficient (Wildman–Crippen LogP) is 2.71. The molecule has 0 saturated heterocycles. The van der Waals surface area contributed by atoms with Crippen molar-refractivity contribution < 1.29 is 14.6 Å². The summed E-state index contributed by atoms with van der Waals surface area (Å²) in [6, 6.07) is 4.70. The largest absolute Gasteiger partial charge is 0.504 e. The molecule has 24 heavy (non-hydrogen) atoms. The highest BCUT2D eigenvalue weighted by atomic mass is 32.2. The van der Waals surface area contributed by atoms with Crippen molar-refractivity contribution in [1.29, 1.82) is 0 Å². The number of methoxy groups -OCH3 is 1. The van der Waals surface area contributed by atoms with E-state index in [1.807, 2.05) is 6.92 Å². The molecular weight excluding hydrogens is 328 g/mol. The lowest BCUT2D eigenvalue weighted by atomic mass is 10.3. The zero-order valence-electron chi connectivity index (χ0n) is 13.2. The summed E-state index contributed by atoms with van der Waals surface area (Å²) < 4.78 is 4.96. The van der Waals surface area contributed by atoms with Crippen molar-refractivity contribution in [2.75, 3.05) is 18.2 Å². The van der Waals surface area contributed by atoms with Gasteiger partial charge in [0.05, 0.1) is 24.6 Å². The number of anilines is 1. The summed E-state index contributed by atoms with van der Waals surface area (Å²) in [7, 11) is 1.47. The number of H-pyrrole nitrogens is 1. The number of hydrogen-bond donors (Lipinski definition) is 3. The van der Waals surface area contributed by atoms with Crippen LogP contribution in [0, 0.1) is 6.92 Å². The number of benzene rings is 1. The highest BCUT2D eigenvalue weighted by Gasteiger charge is 2.10. The summed E-state index contributed by atoms with van der Waals surface area (Å²) in [5.74, 6) is 0.329. The van der Waals surface area contributed by atoms with Crippen LogP contribution < -0.4 is 10.1 Å². The number of ether oxygens (including phenoxy) is 1. The smallest absolute Gasteiger partial charge is 0.234 e. The van der Waals surface area contributed by atoms with Gasteiger partial charge in [-0.05, 0) is 24.6 Å². The number of aromatic amines is 1. The standard InChI is InChI=1S/C16H16N4O3S/c1-9-6-17-7-11-15(9)20-16(19-11)24-8-14(22)18-10-3-4-13(23-2)12(21)5-10/h3-7,21H,8H2,1-2H3,(H,18,22)(H,19,20). The van der Waals surface area contributed by atoms with Gasteiger partial charge in [-0.25, -0.2) is 4.98 Å². The molecule has 0 radical (unpaired) electrons. The fourth-order valence-electron chi connectivity index (χ4n) is 2.21. The van der Waals surface area contributed by atoms with Gasteiger partial charge in [0.1, 0.15) is 5.52 Å². The van der Waals surface area contributed by atoms with Gasteiger partial charge in [0, 0.05) is 18.0 Å². The number of hydrogen-bond acceptors (Lipinski definition) is 6. The number of thioether (sulfide) groups is 1. The first-order valence-corrected chi connectivity index (χ1v) is 8.15. The number of nitrogens with zero attached hydrogens (tertiary/aromatic N) is 2. The van der Waals surface area contributed by atoms with Gasteiger partial charge in [-0.3, -0.25) is 9.78 Å². The first-order valence-electron chi connectivity index (χ1n) is 7.17. The molecule has 3 N–H and O–H groups in total. The molecule has 8 heteroatoms. The zero-order valence-corrected chi connectivity index (χ0v) is 14.0. The number of carbonyl (C=O) groups excluding carboxylic acids is 1. The minimum Gasteiger partial charge on any atom is -0.504 e. The minimum absolute atomic E-state index is 0.0248. The third-order valence-corrected chi connectivity index (χ3v) is 4.25. The highest BCUT2D eigenvalue weighted by molar-refractivity contribution is 7.99. The van der Waals surface area contributed by atoms with E-state index in [9.17, 15) is 9.90 Å². The Morgan fingerprint density at radius 3 is 2.96 bits per heavy atom. The van der Waals surface area contributed by atoms with E-state index in [0.29, 0.717) is 16.6 Å². The van der Waals surface area contributed by atoms with Crippen LogP contribution in [0.25, 0.3) is 11.0 Å². The third kappa shape index (κ3) is 3.43. The number of phenolic OH excluding ortho intramolecular Hbond substituents is 1. The van der Waals surface area contributed by atoms with Crippen LogP contribution in [0.2, 0.25) is 0 Å². The maximum atomic E-state index is 12.0. The molecule has 7 nitrogen and oxygen atoms in total. The monoisotopic (exact) mass is 344 g/mol. The van der Waals surface area contributed by atoms with Gasteiger partial charge in [0.15, 0.2) is 16.7 Å². The van der Waals surface area contributed by atoms with Crippen LogP contribution in [0.1, 0.15) is 5.56 Å². The van der Waals surface area contributed by atoms with Crippen LogP contribution in [-0.2, 0) is 4.79 Å². The number of pyridine rings is 1. The highest BCUT2D eigenvalue weighted by Crippen LogP contribution is 2.28. The van der Waals surface area contributed by atoms with E-state index in [-0.39, 0.29) is 17.4 Å². The third-order valence-electron chi connectivity index (χ3n) is 3.37. The van der Waals surface area contributed by atoms with E-state index in [1.165, 1.54) is 24.9 Å². The Kier molecular flexibility index (Phi) is 4.57. The van der Waals surface area contributed by atoms with Crippen LogP contribution in [0.3, 0.4) is 0 Å². The van der Waals surface area contributed by atoms with Crippen LogP contribution in [0.4, 0.5) is 5.69 Å². The lowest BCUT2D eigenvalue weighted by molar-refractivity contribution is -0.113. The molecule has 1 amide bonds. The van der Waals surface area contributed by atoms with Gasteiger partial charge in [0.25, 0.3) is 0 Å². The Bertz CT molecular complexity index is 894. The van der Waals surface area contributed by atoms with Gasteiger partial charge >= 0.3 is 0 Å². The molecule has 1 aromatic carbocycles. The number of fused-ring (bicyclic) bond motifs is 1. The Morgan fingerprint density at radius 2 is 2.25 bits per heavy atom. The molecule has 0 bridgehead atoms. The molecule has 0 spiro atoms. The van der Waals surface area contributed by atoms with Gasteiger partial charge in [-0.2, -0.15) is 0 Å². The number of imidazole rings is 1. The van der Waals surface area contributed by atoms with E-state index in [2.05, 4.69) is 20.3 Å². The number of carbonyl (C=O) groups is 1. The molecule has 0 aliphatic rings. The van der Waals surface area contributed by atoms with Gasteiger partial charge < -0.3 is 20.1 Å². The minimum atomic E-state index is -0.195. The van der Waals surface area contributed by atoms with Crippen LogP contribution in [0.5, 0.6) is 11.5 Å². The summed E-state index contributed by atoms with van der Waals surface area (Å²) >= 11 is 1.30.